The van der Waals surface area contributed by atoms with E-state index in [2.05, 4.69) is 0 Å². The maximum absolute atomic E-state index is 12.0. The number of ether oxygens (including phenoxy) is 1. The van der Waals surface area contributed by atoms with E-state index in [9.17, 15) is 18.0 Å². The van der Waals surface area contributed by atoms with E-state index in [1.165, 1.54) is 4.90 Å². The van der Waals surface area contributed by atoms with Crippen molar-refractivity contribution in [2.45, 2.75) is 19.0 Å². The Morgan fingerprint density at radius 3 is 2.75 bits per heavy atom. The zero-order valence-electron chi connectivity index (χ0n) is 9.22. The van der Waals surface area contributed by atoms with Crippen molar-refractivity contribution in [1.82, 2.24) is 4.90 Å². The molecule has 6 heteroatoms. The molecular weight excluding hydrogens is 223 g/mol. The molecule has 1 aliphatic rings. The van der Waals surface area contributed by atoms with Gasteiger partial charge in [-0.25, -0.2) is 0 Å². The van der Waals surface area contributed by atoms with E-state index in [-0.39, 0.29) is 18.2 Å². The lowest BCUT2D eigenvalue weighted by Crippen LogP contribution is -2.38. The minimum Gasteiger partial charge on any atom is -0.380 e. The molecule has 0 aromatic heterocycles. The minimum absolute atomic E-state index is 0.0761. The molecule has 0 saturated carbocycles. The maximum atomic E-state index is 12.0. The molecule has 0 aromatic rings. The summed E-state index contributed by atoms with van der Waals surface area (Å²) in [6.45, 7) is 1.03. The largest absolute Gasteiger partial charge is 0.390 e. The van der Waals surface area contributed by atoms with Crippen LogP contribution >= 0.6 is 0 Å². The van der Waals surface area contributed by atoms with Crippen molar-refractivity contribution in [3.8, 4) is 0 Å². The summed E-state index contributed by atoms with van der Waals surface area (Å²) < 4.78 is 41.0. The molecule has 94 valence electrons. The number of hydrogen-bond donors (Lipinski definition) is 0. The van der Waals surface area contributed by atoms with Crippen LogP contribution in [0.1, 0.15) is 12.8 Å². The summed E-state index contributed by atoms with van der Waals surface area (Å²) in [5, 5.41) is 0. The van der Waals surface area contributed by atoms with Gasteiger partial charge in [0, 0.05) is 19.5 Å². The highest BCUT2D eigenvalue weighted by molar-refractivity contribution is 5.81. The highest BCUT2D eigenvalue weighted by Crippen LogP contribution is 2.20. The molecule has 1 atom stereocenters. The smallest absolute Gasteiger partial charge is 0.380 e. The van der Waals surface area contributed by atoms with Crippen LogP contribution in [-0.4, -0.2) is 50.2 Å². The van der Waals surface area contributed by atoms with Gasteiger partial charge in [-0.2, -0.15) is 13.2 Å². The number of hydrogen-bond acceptors (Lipinski definition) is 3. The normalized spacial score (nSPS) is 22.8. The molecule has 1 rings (SSSR count). The summed E-state index contributed by atoms with van der Waals surface area (Å²) in [7, 11) is 1.59. The Labute approximate surface area is 92.5 Å². The molecule has 1 aliphatic heterocycles. The number of rotatable bonds is 4. The second kappa shape index (κ2) is 5.63. The molecule has 1 unspecified atom stereocenters. The van der Waals surface area contributed by atoms with E-state index >= 15 is 0 Å². The molecular formula is C10H16F3NO2. The second-order valence-electron chi connectivity index (χ2n) is 4.12. The molecule has 0 spiro atoms. The first-order valence-corrected chi connectivity index (χ1v) is 5.24. The van der Waals surface area contributed by atoms with Gasteiger partial charge in [-0.1, -0.05) is 0 Å². The Bertz CT molecular complexity index is 243. The summed E-state index contributed by atoms with van der Waals surface area (Å²) in [6.07, 6.45) is -4.61. The van der Waals surface area contributed by atoms with E-state index in [0.29, 0.717) is 26.2 Å². The van der Waals surface area contributed by atoms with E-state index in [4.69, 9.17) is 4.74 Å². The number of halogens is 3. The van der Waals surface area contributed by atoms with Crippen LogP contribution in [0.15, 0.2) is 0 Å². The highest BCUT2D eigenvalue weighted by atomic mass is 19.4. The average molecular weight is 239 g/mol. The third kappa shape index (κ3) is 4.94. The standard InChI is InChI=1S/C10H16F3NO2/c1-14(4-3-10(11,12)13)6-8-7-16-5-2-9(8)15/h8H,2-7H2,1H3. The van der Waals surface area contributed by atoms with E-state index in [1.54, 1.807) is 7.05 Å². The first kappa shape index (κ1) is 13.4. The van der Waals surface area contributed by atoms with Gasteiger partial charge in [0.15, 0.2) is 0 Å². The summed E-state index contributed by atoms with van der Waals surface area (Å²) in [5.74, 6) is -0.183. The molecule has 0 N–H and O–H groups in total. The summed E-state index contributed by atoms with van der Waals surface area (Å²) >= 11 is 0. The Hall–Kier alpha value is -0.620. The molecule has 0 aliphatic carbocycles. The van der Waals surface area contributed by atoms with Crippen molar-refractivity contribution in [3.63, 3.8) is 0 Å². The van der Waals surface area contributed by atoms with Gasteiger partial charge in [-0.3, -0.25) is 4.79 Å². The first-order chi connectivity index (χ1) is 7.38. The number of ketones is 1. The zero-order chi connectivity index (χ0) is 12.2. The zero-order valence-corrected chi connectivity index (χ0v) is 9.22. The quantitative estimate of drug-likeness (QED) is 0.744. The van der Waals surface area contributed by atoms with Crippen LogP contribution in [0.5, 0.6) is 0 Å². The predicted molar refractivity (Wildman–Crippen MR) is 52.1 cm³/mol. The Kier molecular flexibility index (Phi) is 4.73. The van der Waals surface area contributed by atoms with Crippen LogP contribution in [0.25, 0.3) is 0 Å². The summed E-state index contributed by atoms with van der Waals surface area (Å²) in [5.41, 5.74) is 0. The van der Waals surface area contributed by atoms with Crippen LogP contribution in [0.4, 0.5) is 13.2 Å². The molecule has 1 fully saturated rings. The van der Waals surface area contributed by atoms with Crippen LogP contribution in [0, 0.1) is 5.92 Å². The number of Topliss-reactive ketones (excluding diaryl/α,β-unsaturated/α-hetero) is 1. The van der Waals surface area contributed by atoms with Gasteiger partial charge in [-0.05, 0) is 7.05 Å². The van der Waals surface area contributed by atoms with Crippen LogP contribution in [0.2, 0.25) is 0 Å². The third-order valence-electron chi connectivity index (χ3n) is 2.58. The summed E-state index contributed by atoms with van der Waals surface area (Å²) in [4.78, 5) is 12.9. The molecule has 0 amide bonds. The molecule has 16 heavy (non-hydrogen) atoms. The molecule has 0 aromatic carbocycles. The van der Waals surface area contributed by atoms with E-state index in [1.807, 2.05) is 0 Å². The first-order valence-electron chi connectivity index (χ1n) is 5.24. The molecule has 3 nitrogen and oxygen atoms in total. The van der Waals surface area contributed by atoms with Crippen molar-refractivity contribution in [2.24, 2.45) is 5.92 Å². The lowest BCUT2D eigenvalue weighted by atomic mass is 10.0. The molecule has 0 radical (unpaired) electrons. The maximum Gasteiger partial charge on any atom is 0.390 e. The van der Waals surface area contributed by atoms with Crippen molar-refractivity contribution < 1.29 is 22.7 Å². The fourth-order valence-corrected chi connectivity index (χ4v) is 1.64. The lowest BCUT2D eigenvalue weighted by Gasteiger charge is -2.26. The molecule has 0 bridgehead atoms. The van der Waals surface area contributed by atoms with Crippen LogP contribution in [-0.2, 0) is 9.53 Å². The van der Waals surface area contributed by atoms with Crippen molar-refractivity contribution in [2.75, 3.05) is 33.4 Å². The topological polar surface area (TPSA) is 29.5 Å². The van der Waals surface area contributed by atoms with Gasteiger partial charge in [0.2, 0.25) is 0 Å². The monoisotopic (exact) mass is 239 g/mol. The van der Waals surface area contributed by atoms with Crippen molar-refractivity contribution in [1.29, 1.82) is 0 Å². The van der Waals surface area contributed by atoms with Crippen molar-refractivity contribution in [3.05, 3.63) is 0 Å². The van der Waals surface area contributed by atoms with Gasteiger partial charge in [0.25, 0.3) is 0 Å². The second-order valence-corrected chi connectivity index (χ2v) is 4.12. The van der Waals surface area contributed by atoms with Gasteiger partial charge >= 0.3 is 6.18 Å². The average Bonchev–Trinajstić information content (AvgIpc) is 2.18. The van der Waals surface area contributed by atoms with E-state index in [0.717, 1.165) is 0 Å². The Balaban J connectivity index is 2.27. The number of carbonyl (C=O) groups excluding carboxylic acids is 1. The molecule has 1 saturated heterocycles. The van der Waals surface area contributed by atoms with Gasteiger partial charge in [-0.15, -0.1) is 0 Å². The predicted octanol–water partition coefficient (Wildman–Crippen LogP) is 1.48. The van der Waals surface area contributed by atoms with Crippen molar-refractivity contribution >= 4 is 5.78 Å². The number of alkyl halides is 3. The molecule has 1 heterocycles. The third-order valence-corrected chi connectivity index (χ3v) is 2.58. The van der Waals surface area contributed by atoms with Gasteiger partial charge in [0.05, 0.1) is 25.6 Å². The fourth-order valence-electron chi connectivity index (χ4n) is 1.64. The summed E-state index contributed by atoms with van der Waals surface area (Å²) in [6, 6.07) is 0. The lowest BCUT2D eigenvalue weighted by molar-refractivity contribution is -0.138. The van der Waals surface area contributed by atoms with Gasteiger partial charge in [0.1, 0.15) is 5.78 Å². The Morgan fingerprint density at radius 2 is 2.19 bits per heavy atom. The number of nitrogens with zero attached hydrogens (tertiary/aromatic N) is 1. The minimum atomic E-state index is -4.14. The van der Waals surface area contributed by atoms with E-state index < -0.39 is 12.6 Å². The SMILES string of the molecule is CN(CCC(F)(F)F)CC1COCCC1=O. The Morgan fingerprint density at radius 1 is 1.50 bits per heavy atom. The number of carbonyl (C=O) groups is 1. The van der Waals surface area contributed by atoms with Gasteiger partial charge < -0.3 is 9.64 Å². The fraction of sp³-hybridized carbons (Fsp3) is 0.900. The highest BCUT2D eigenvalue weighted by Gasteiger charge is 2.29. The van der Waals surface area contributed by atoms with Crippen LogP contribution in [0.3, 0.4) is 0 Å². The van der Waals surface area contributed by atoms with Crippen LogP contribution < -0.4 is 0 Å².